The van der Waals surface area contributed by atoms with Gasteiger partial charge in [0.2, 0.25) is 0 Å². The van der Waals surface area contributed by atoms with E-state index in [0.29, 0.717) is 12.2 Å². The highest BCUT2D eigenvalue weighted by Gasteiger charge is 2.09. The van der Waals surface area contributed by atoms with Crippen LogP contribution in [-0.4, -0.2) is 13.1 Å². The molecule has 0 heterocycles. The van der Waals surface area contributed by atoms with Crippen molar-refractivity contribution < 1.29 is 14.3 Å². The largest absolute Gasteiger partial charge is 0.489 e. The quantitative estimate of drug-likeness (QED) is 0.615. The minimum Gasteiger partial charge on any atom is -0.489 e. The summed E-state index contributed by atoms with van der Waals surface area (Å²) >= 11 is 0. The molecule has 0 atom stereocenters. The minimum atomic E-state index is -0.428. The fraction of sp³-hybridized carbons (Fsp3) is 0.118. The van der Waals surface area contributed by atoms with Crippen LogP contribution in [0, 0.1) is 0 Å². The first-order chi connectivity index (χ1) is 9.70. The van der Waals surface area contributed by atoms with Crippen molar-refractivity contribution in [3.63, 3.8) is 0 Å². The number of carbonyl (C=O) groups is 1. The van der Waals surface area contributed by atoms with Crippen molar-refractivity contribution in [2.75, 3.05) is 7.11 Å². The van der Waals surface area contributed by atoms with Gasteiger partial charge in [-0.15, -0.1) is 0 Å². The Kier molecular flexibility index (Phi) is 4.56. The van der Waals surface area contributed by atoms with Crippen LogP contribution in [0.15, 0.2) is 61.2 Å². The van der Waals surface area contributed by atoms with E-state index < -0.39 is 5.97 Å². The number of esters is 1. The van der Waals surface area contributed by atoms with Gasteiger partial charge in [0.25, 0.3) is 0 Å². The number of hydrogen-bond donors (Lipinski definition) is 0. The van der Waals surface area contributed by atoms with Crippen molar-refractivity contribution in [3.8, 4) is 5.75 Å². The number of ether oxygens (including phenoxy) is 2. The summed E-state index contributed by atoms with van der Waals surface area (Å²) in [4.78, 5) is 11.4. The van der Waals surface area contributed by atoms with E-state index in [-0.39, 0.29) is 0 Å². The highest BCUT2D eigenvalue weighted by molar-refractivity contribution is 6.15. The monoisotopic (exact) mass is 268 g/mol. The summed E-state index contributed by atoms with van der Waals surface area (Å²) in [5, 5.41) is 0. The zero-order valence-corrected chi connectivity index (χ0v) is 11.3. The third-order valence-corrected chi connectivity index (χ3v) is 2.88. The second kappa shape index (κ2) is 6.57. The highest BCUT2D eigenvalue weighted by Crippen LogP contribution is 2.19. The van der Waals surface area contributed by atoms with Gasteiger partial charge in [-0.3, -0.25) is 0 Å². The average Bonchev–Trinajstić information content (AvgIpc) is 2.53. The molecule has 3 heteroatoms. The molecule has 2 rings (SSSR count). The molecule has 0 spiro atoms. The minimum absolute atomic E-state index is 0.335. The summed E-state index contributed by atoms with van der Waals surface area (Å²) < 4.78 is 10.3. The molecule has 0 N–H and O–H groups in total. The van der Waals surface area contributed by atoms with E-state index in [1.807, 2.05) is 42.5 Å². The molecule has 0 unspecified atom stereocenters. The van der Waals surface area contributed by atoms with Gasteiger partial charge in [0, 0.05) is 0 Å². The first-order valence-corrected chi connectivity index (χ1v) is 6.25. The van der Waals surface area contributed by atoms with Crippen molar-refractivity contribution in [1.82, 2.24) is 0 Å². The van der Waals surface area contributed by atoms with Crippen molar-refractivity contribution in [2.24, 2.45) is 0 Å². The number of carbonyl (C=O) groups excluding carboxylic acids is 1. The lowest BCUT2D eigenvalue weighted by molar-refractivity contribution is -0.133. The van der Waals surface area contributed by atoms with Crippen molar-refractivity contribution in [3.05, 3.63) is 72.3 Å². The van der Waals surface area contributed by atoms with Crippen LogP contribution in [0.3, 0.4) is 0 Å². The number of methoxy groups -OCH3 is 1. The summed E-state index contributed by atoms with van der Waals surface area (Å²) in [6.07, 6.45) is 0. The van der Waals surface area contributed by atoms with Gasteiger partial charge < -0.3 is 9.47 Å². The number of benzene rings is 2. The van der Waals surface area contributed by atoms with Crippen LogP contribution in [0.5, 0.6) is 5.75 Å². The Bertz CT molecular complexity index is 585. The van der Waals surface area contributed by atoms with Crippen LogP contribution in [0.25, 0.3) is 5.57 Å². The molecule has 0 amide bonds. The Hall–Kier alpha value is -2.55. The number of hydrogen-bond acceptors (Lipinski definition) is 3. The molecular weight excluding hydrogens is 252 g/mol. The van der Waals surface area contributed by atoms with E-state index in [1.165, 1.54) is 7.11 Å². The predicted octanol–water partition coefficient (Wildman–Crippen LogP) is 3.45. The fourth-order valence-electron chi connectivity index (χ4n) is 1.73. The summed E-state index contributed by atoms with van der Waals surface area (Å²) in [5.41, 5.74) is 2.17. The molecular formula is C17H16O3. The summed E-state index contributed by atoms with van der Waals surface area (Å²) in [5.74, 6) is 0.318. The van der Waals surface area contributed by atoms with Crippen LogP contribution in [0.2, 0.25) is 0 Å². The van der Waals surface area contributed by atoms with Gasteiger partial charge in [-0.1, -0.05) is 49.0 Å². The normalized spacial score (nSPS) is 9.85. The molecule has 0 fully saturated rings. The Balaban J connectivity index is 1.98. The second-order valence-corrected chi connectivity index (χ2v) is 4.27. The standard InChI is InChI=1S/C17H16O3/c1-13(17(18)19-2)15-8-10-16(11-9-15)20-12-14-6-4-3-5-7-14/h3-11H,1,12H2,2H3. The van der Waals surface area contributed by atoms with Crippen LogP contribution >= 0.6 is 0 Å². The van der Waals surface area contributed by atoms with Crippen LogP contribution < -0.4 is 4.74 Å². The van der Waals surface area contributed by atoms with E-state index in [2.05, 4.69) is 11.3 Å². The second-order valence-electron chi connectivity index (χ2n) is 4.27. The molecule has 3 nitrogen and oxygen atoms in total. The molecule has 0 saturated carbocycles. The topological polar surface area (TPSA) is 35.5 Å². The molecule has 0 bridgehead atoms. The molecule has 0 aliphatic carbocycles. The maximum Gasteiger partial charge on any atom is 0.337 e. The zero-order chi connectivity index (χ0) is 14.4. The summed E-state index contributed by atoms with van der Waals surface area (Å²) in [6.45, 7) is 4.22. The van der Waals surface area contributed by atoms with E-state index >= 15 is 0 Å². The van der Waals surface area contributed by atoms with Gasteiger partial charge in [0.15, 0.2) is 0 Å². The fourth-order valence-corrected chi connectivity index (χ4v) is 1.73. The third-order valence-electron chi connectivity index (χ3n) is 2.88. The van der Waals surface area contributed by atoms with Crippen LogP contribution in [0.1, 0.15) is 11.1 Å². The first kappa shape index (κ1) is 13.9. The Labute approximate surface area is 118 Å². The Morgan fingerprint density at radius 3 is 2.30 bits per heavy atom. The predicted molar refractivity (Wildman–Crippen MR) is 78.3 cm³/mol. The Morgan fingerprint density at radius 2 is 1.70 bits per heavy atom. The van der Waals surface area contributed by atoms with Gasteiger partial charge in [0.05, 0.1) is 12.7 Å². The van der Waals surface area contributed by atoms with Gasteiger partial charge in [-0.05, 0) is 23.3 Å². The molecule has 20 heavy (non-hydrogen) atoms. The van der Waals surface area contributed by atoms with Crippen LogP contribution in [0.4, 0.5) is 0 Å². The maximum atomic E-state index is 11.4. The van der Waals surface area contributed by atoms with E-state index in [0.717, 1.165) is 16.9 Å². The molecule has 2 aromatic rings. The Morgan fingerprint density at radius 1 is 1.05 bits per heavy atom. The molecule has 0 aromatic heterocycles. The molecule has 0 saturated heterocycles. The maximum absolute atomic E-state index is 11.4. The highest BCUT2D eigenvalue weighted by atomic mass is 16.5. The van der Waals surface area contributed by atoms with Gasteiger partial charge >= 0.3 is 5.97 Å². The van der Waals surface area contributed by atoms with E-state index in [4.69, 9.17) is 4.74 Å². The first-order valence-electron chi connectivity index (χ1n) is 6.25. The lowest BCUT2D eigenvalue weighted by Crippen LogP contribution is -2.02. The summed E-state index contributed by atoms with van der Waals surface area (Å²) in [7, 11) is 1.34. The van der Waals surface area contributed by atoms with E-state index in [1.54, 1.807) is 12.1 Å². The van der Waals surface area contributed by atoms with Crippen molar-refractivity contribution >= 4 is 11.5 Å². The SMILES string of the molecule is C=C(C(=O)OC)c1ccc(OCc2ccccc2)cc1. The van der Waals surface area contributed by atoms with E-state index in [9.17, 15) is 4.79 Å². The van der Waals surface area contributed by atoms with Crippen molar-refractivity contribution in [2.45, 2.75) is 6.61 Å². The van der Waals surface area contributed by atoms with Gasteiger partial charge in [-0.2, -0.15) is 0 Å². The third kappa shape index (κ3) is 3.48. The van der Waals surface area contributed by atoms with Crippen LogP contribution in [-0.2, 0) is 16.1 Å². The summed E-state index contributed by atoms with van der Waals surface area (Å²) in [6, 6.07) is 17.1. The molecule has 0 radical (unpaired) electrons. The van der Waals surface area contributed by atoms with Gasteiger partial charge in [-0.25, -0.2) is 4.79 Å². The number of rotatable bonds is 5. The average molecular weight is 268 g/mol. The molecule has 102 valence electrons. The lowest BCUT2D eigenvalue weighted by Gasteiger charge is -2.08. The molecule has 2 aromatic carbocycles. The lowest BCUT2D eigenvalue weighted by atomic mass is 10.1. The smallest absolute Gasteiger partial charge is 0.337 e. The molecule has 0 aliphatic rings. The molecule has 0 aliphatic heterocycles. The zero-order valence-electron chi connectivity index (χ0n) is 11.3. The van der Waals surface area contributed by atoms with Gasteiger partial charge in [0.1, 0.15) is 12.4 Å². The van der Waals surface area contributed by atoms with Crippen molar-refractivity contribution in [1.29, 1.82) is 0 Å².